The van der Waals surface area contributed by atoms with Crippen LogP contribution in [-0.4, -0.2) is 29.2 Å². The molecular weight excluding hydrogens is 306 g/mol. The summed E-state index contributed by atoms with van der Waals surface area (Å²) in [5.41, 5.74) is 7.91. The van der Waals surface area contributed by atoms with Crippen molar-refractivity contribution in [1.82, 2.24) is 9.55 Å². The summed E-state index contributed by atoms with van der Waals surface area (Å²) in [5.74, 6) is 1.12. The predicted molar refractivity (Wildman–Crippen MR) is 89.5 cm³/mol. The second kappa shape index (κ2) is 5.56. The van der Waals surface area contributed by atoms with E-state index in [9.17, 15) is 4.79 Å². The lowest BCUT2D eigenvalue weighted by Gasteiger charge is -2.28. The number of benzene rings is 1. The SMILES string of the molecule is COc1ccc2ncc3c(c2c1)CC(n1cccc1C(N)=O)CO3. The highest BCUT2D eigenvalue weighted by Crippen LogP contribution is 2.36. The summed E-state index contributed by atoms with van der Waals surface area (Å²) < 4.78 is 13.1. The van der Waals surface area contributed by atoms with Crippen molar-refractivity contribution in [3.8, 4) is 11.5 Å². The smallest absolute Gasteiger partial charge is 0.265 e. The van der Waals surface area contributed by atoms with Crippen LogP contribution in [0.3, 0.4) is 0 Å². The van der Waals surface area contributed by atoms with Gasteiger partial charge in [-0.1, -0.05) is 0 Å². The largest absolute Gasteiger partial charge is 0.497 e. The van der Waals surface area contributed by atoms with E-state index in [1.54, 1.807) is 19.4 Å². The molecule has 1 atom stereocenters. The molecule has 2 aromatic heterocycles. The van der Waals surface area contributed by atoms with Crippen molar-refractivity contribution in [2.24, 2.45) is 5.73 Å². The Labute approximate surface area is 138 Å². The lowest BCUT2D eigenvalue weighted by molar-refractivity contribution is 0.0986. The maximum absolute atomic E-state index is 11.6. The fourth-order valence-corrected chi connectivity index (χ4v) is 3.25. The summed E-state index contributed by atoms with van der Waals surface area (Å²) in [6.45, 7) is 0.471. The maximum Gasteiger partial charge on any atom is 0.265 e. The van der Waals surface area contributed by atoms with E-state index in [2.05, 4.69) is 4.98 Å². The number of carbonyl (C=O) groups is 1. The lowest BCUT2D eigenvalue weighted by Crippen LogP contribution is -2.28. The molecule has 1 amide bonds. The predicted octanol–water partition coefficient (Wildman–Crippen LogP) is 2.32. The average molecular weight is 323 g/mol. The van der Waals surface area contributed by atoms with Crippen molar-refractivity contribution in [1.29, 1.82) is 0 Å². The first-order chi connectivity index (χ1) is 11.7. The first kappa shape index (κ1) is 14.6. The van der Waals surface area contributed by atoms with E-state index < -0.39 is 5.91 Å². The van der Waals surface area contributed by atoms with Gasteiger partial charge in [-0.25, -0.2) is 0 Å². The van der Waals surface area contributed by atoms with E-state index in [1.165, 1.54) is 0 Å². The summed E-state index contributed by atoms with van der Waals surface area (Å²) in [6.07, 6.45) is 4.35. The quantitative estimate of drug-likeness (QED) is 0.802. The molecule has 0 radical (unpaired) electrons. The molecule has 0 saturated heterocycles. The zero-order valence-electron chi connectivity index (χ0n) is 13.2. The second-order valence-corrected chi connectivity index (χ2v) is 5.82. The van der Waals surface area contributed by atoms with Crippen LogP contribution >= 0.6 is 0 Å². The van der Waals surface area contributed by atoms with Crippen molar-refractivity contribution in [3.05, 3.63) is 54.0 Å². The average Bonchev–Trinajstić information content (AvgIpc) is 3.10. The van der Waals surface area contributed by atoms with Gasteiger partial charge in [0.1, 0.15) is 23.8 Å². The molecule has 0 saturated carbocycles. The Balaban J connectivity index is 1.79. The second-order valence-electron chi connectivity index (χ2n) is 5.82. The number of fused-ring (bicyclic) bond motifs is 3. The molecule has 1 unspecified atom stereocenters. The molecule has 2 N–H and O–H groups in total. The number of aromatic nitrogens is 2. The monoisotopic (exact) mass is 323 g/mol. The van der Waals surface area contributed by atoms with Gasteiger partial charge in [0, 0.05) is 23.6 Å². The minimum Gasteiger partial charge on any atom is -0.497 e. The molecule has 1 aliphatic heterocycles. The van der Waals surface area contributed by atoms with Crippen molar-refractivity contribution >= 4 is 16.8 Å². The molecule has 122 valence electrons. The van der Waals surface area contributed by atoms with Gasteiger partial charge in [0.25, 0.3) is 5.91 Å². The third-order valence-electron chi connectivity index (χ3n) is 4.44. The van der Waals surface area contributed by atoms with Crippen LogP contribution in [0.5, 0.6) is 11.5 Å². The number of nitrogens with two attached hydrogens (primary N) is 1. The van der Waals surface area contributed by atoms with Crippen LogP contribution in [0, 0.1) is 0 Å². The van der Waals surface area contributed by atoms with Crippen LogP contribution < -0.4 is 15.2 Å². The fourth-order valence-electron chi connectivity index (χ4n) is 3.25. The molecular formula is C18H17N3O3. The maximum atomic E-state index is 11.6. The van der Waals surface area contributed by atoms with E-state index in [0.717, 1.165) is 34.4 Å². The first-order valence-electron chi connectivity index (χ1n) is 7.72. The van der Waals surface area contributed by atoms with E-state index in [-0.39, 0.29) is 6.04 Å². The summed E-state index contributed by atoms with van der Waals surface area (Å²) >= 11 is 0. The van der Waals surface area contributed by atoms with Crippen LogP contribution in [0.15, 0.2) is 42.7 Å². The Morgan fingerprint density at radius 3 is 3.08 bits per heavy atom. The van der Waals surface area contributed by atoms with Gasteiger partial charge in [0.05, 0.1) is 24.9 Å². The molecule has 3 aromatic rings. The number of hydrogen-bond acceptors (Lipinski definition) is 4. The Bertz CT molecular complexity index is 927. The minimum absolute atomic E-state index is 0.00630. The van der Waals surface area contributed by atoms with Gasteiger partial charge in [0.2, 0.25) is 0 Å². The zero-order chi connectivity index (χ0) is 16.7. The van der Waals surface area contributed by atoms with Gasteiger partial charge >= 0.3 is 0 Å². The Hall–Kier alpha value is -3.02. The number of nitrogens with zero attached hydrogens (tertiary/aromatic N) is 2. The van der Waals surface area contributed by atoms with Gasteiger partial charge in [-0.2, -0.15) is 0 Å². The number of rotatable bonds is 3. The Kier molecular flexibility index (Phi) is 3.37. The third kappa shape index (κ3) is 2.27. The van der Waals surface area contributed by atoms with Crippen LogP contribution in [0.1, 0.15) is 22.1 Å². The molecule has 0 aliphatic carbocycles. The molecule has 4 rings (SSSR count). The van der Waals surface area contributed by atoms with Crippen molar-refractivity contribution in [3.63, 3.8) is 0 Å². The van der Waals surface area contributed by atoms with Gasteiger partial charge in [-0.05, 0) is 30.3 Å². The Morgan fingerprint density at radius 1 is 1.42 bits per heavy atom. The number of pyridine rings is 1. The molecule has 1 aromatic carbocycles. The number of primary amides is 1. The van der Waals surface area contributed by atoms with E-state index in [1.807, 2.05) is 35.0 Å². The van der Waals surface area contributed by atoms with E-state index >= 15 is 0 Å². The molecule has 0 bridgehead atoms. The molecule has 3 heterocycles. The number of hydrogen-bond donors (Lipinski definition) is 1. The lowest BCUT2D eigenvalue weighted by atomic mass is 9.98. The molecule has 0 spiro atoms. The fraction of sp³-hybridized carbons (Fsp3) is 0.222. The highest BCUT2D eigenvalue weighted by Gasteiger charge is 2.25. The summed E-state index contributed by atoms with van der Waals surface area (Å²) in [5, 5.41) is 1.00. The van der Waals surface area contributed by atoms with Gasteiger partial charge < -0.3 is 19.8 Å². The number of methoxy groups -OCH3 is 1. The van der Waals surface area contributed by atoms with Gasteiger partial charge in [0.15, 0.2) is 0 Å². The normalized spacial score (nSPS) is 16.5. The molecule has 6 nitrogen and oxygen atoms in total. The van der Waals surface area contributed by atoms with Crippen LogP contribution in [-0.2, 0) is 6.42 Å². The summed E-state index contributed by atoms with van der Waals surface area (Å²) in [7, 11) is 1.64. The molecule has 24 heavy (non-hydrogen) atoms. The van der Waals surface area contributed by atoms with Gasteiger partial charge in [-0.15, -0.1) is 0 Å². The summed E-state index contributed by atoms with van der Waals surface area (Å²) in [4.78, 5) is 16.0. The first-order valence-corrected chi connectivity index (χ1v) is 7.72. The molecule has 6 heteroatoms. The standard InChI is InChI=1S/C18H17N3O3/c1-23-12-4-5-15-13(8-12)14-7-11(10-24-17(14)9-20-15)21-6-2-3-16(21)18(19)22/h2-6,8-9,11H,7,10H2,1H3,(H2,19,22). The number of ether oxygens (including phenoxy) is 2. The number of amides is 1. The van der Waals surface area contributed by atoms with Gasteiger partial charge in [-0.3, -0.25) is 9.78 Å². The molecule has 0 fully saturated rings. The Morgan fingerprint density at radius 2 is 2.29 bits per heavy atom. The summed E-state index contributed by atoms with van der Waals surface area (Å²) in [6, 6.07) is 9.35. The van der Waals surface area contributed by atoms with Crippen LogP contribution in [0.2, 0.25) is 0 Å². The van der Waals surface area contributed by atoms with E-state index in [4.69, 9.17) is 15.2 Å². The zero-order valence-corrected chi connectivity index (χ0v) is 13.2. The minimum atomic E-state index is -0.438. The highest BCUT2D eigenvalue weighted by molar-refractivity contribution is 5.91. The highest BCUT2D eigenvalue weighted by atomic mass is 16.5. The van der Waals surface area contributed by atoms with Crippen LogP contribution in [0.25, 0.3) is 10.9 Å². The van der Waals surface area contributed by atoms with Crippen molar-refractivity contribution in [2.45, 2.75) is 12.5 Å². The van der Waals surface area contributed by atoms with Crippen molar-refractivity contribution in [2.75, 3.05) is 13.7 Å². The topological polar surface area (TPSA) is 79.4 Å². The van der Waals surface area contributed by atoms with Crippen LogP contribution in [0.4, 0.5) is 0 Å². The van der Waals surface area contributed by atoms with Crippen molar-refractivity contribution < 1.29 is 14.3 Å². The number of carbonyl (C=O) groups excluding carboxylic acids is 1. The van der Waals surface area contributed by atoms with E-state index in [0.29, 0.717) is 12.3 Å². The molecule has 1 aliphatic rings. The third-order valence-corrected chi connectivity index (χ3v) is 4.44.